The van der Waals surface area contributed by atoms with Crippen molar-refractivity contribution < 1.29 is 9.84 Å². The van der Waals surface area contributed by atoms with Gasteiger partial charge in [-0.3, -0.25) is 0 Å². The molecule has 2 nitrogen and oxygen atoms in total. The summed E-state index contributed by atoms with van der Waals surface area (Å²) in [7, 11) is 0. The van der Waals surface area contributed by atoms with E-state index in [2.05, 4.69) is 26.8 Å². The van der Waals surface area contributed by atoms with E-state index in [9.17, 15) is 5.11 Å². The topological polar surface area (TPSA) is 32.8 Å². The zero-order valence-electron chi connectivity index (χ0n) is 9.99. The molecule has 1 N–H and O–H groups in total. The van der Waals surface area contributed by atoms with Gasteiger partial charge in [-0.15, -0.1) is 0 Å². The van der Waals surface area contributed by atoms with Gasteiger partial charge >= 0.3 is 0 Å². The smallest absolute Gasteiger partial charge is 0.124 e. The fourth-order valence-corrected chi connectivity index (χ4v) is 2.44. The van der Waals surface area contributed by atoms with Crippen LogP contribution in [-0.4, -0.2) is 22.9 Å². The first-order valence-corrected chi connectivity index (χ1v) is 5.99. The maximum atomic E-state index is 10.1. The highest BCUT2D eigenvalue weighted by molar-refractivity contribution is 5.16. The molecule has 0 aromatic carbocycles. The Labute approximate surface area is 92.3 Å². The molecule has 1 heterocycles. The monoisotopic (exact) mass is 210 g/mol. The van der Waals surface area contributed by atoms with E-state index in [0.29, 0.717) is 6.10 Å². The molecule has 15 heavy (non-hydrogen) atoms. The van der Waals surface area contributed by atoms with Crippen molar-refractivity contribution in [3.05, 3.63) is 12.2 Å². The number of ether oxygens (including phenoxy) is 1. The lowest BCUT2D eigenvalue weighted by molar-refractivity contribution is 0.103. The molecule has 86 valence electrons. The summed E-state index contributed by atoms with van der Waals surface area (Å²) < 4.78 is 5.69. The van der Waals surface area contributed by atoms with Gasteiger partial charge < -0.3 is 9.84 Å². The molecule has 0 radical (unpaired) electrons. The van der Waals surface area contributed by atoms with Crippen molar-refractivity contribution in [3.63, 3.8) is 0 Å². The van der Waals surface area contributed by atoms with E-state index in [1.165, 1.54) is 12.8 Å². The molecule has 2 fully saturated rings. The fraction of sp³-hybridized carbons (Fsp3) is 0.846. The molecule has 1 saturated heterocycles. The van der Waals surface area contributed by atoms with Gasteiger partial charge in [0.15, 0.2) is 0 Å². The Balaban J connectivity index is 1.97. The van der Waals surface area contributed by atoms with E-state index in [0.717, 1.165) is 12.8 Å². The predicted molar refractivity (Wildman–Crippen MR) is 60.7 cm³/mol. The van der Waals surface area contributed by atoms with Crippen LogP contribution < -0.4 is 0 Å². The third-order valence-corrected chi connectivity index (χ3v) is 3.41. The van der Waals surface area contributed by atoms with E-state index < -0.39 is 6.10 Å². The number of aliphatic hydroxyl groups is 1. The largest absolute Gasteiger partial charge is 0.386 e. The molecular formula is C13H22O2. The first kappa shape index (κ1) is 11.2. The second-order valence-electron chi connectivity index (χ2n) is 5.98. The Morgan fingerprint density at radius 2 is 2.13 bits per heavy atom. The maximum absolute atomic E-state index is 10.1. The van der Waals surface area contributed by atoms with Crippen LogP contribution >= 0.6 is 0 Å². The van der Waals surface area contributed by atoms with Crippen LogP contribution in [0.1, 0.15) is 46.5 Å². The van der Waals surface area contributed by atoms with E-state index in [1.807, 2.05) is 6.08 Å². The minimum atomic E-state index is -0.415. The van der Waals surface area contributed by atoms with Crippen LogP contribution in [-0.2, 0) is 4.74 Å². The summed E-state index contributed by atoms with van der Waals surface area (Å²) in [5.74, 6) is 0. The average molecular weight is 210 g/mol. The van der Waals surface area contributed by atoms with E-state index in [-0.39, 0.29) is 11.0 Å². The number of hydrogen-bond acceptors (Lipinski definition) is 2. The highest BCUT2D eigenvalue weighted by atomic mass is 16.6. The van der Waals surface area contributed by atoms with Crippen molar-refractivity contribution in [1.82, 2.24) is 0 Å². The molecule has 2 heteroatoms. The maximum Gasteiger partial charge on any atom is 0.124 e. The quantitative estimate of drug-likeness (QED) is 0.561. The van der Waals surface area contributed by atoms with Gasteiger partial charge in [0.25, 0.3) is 0 Å². The van der Waals surface area contributed by atoms with Gasteiger partial charge in [0.2, 0.25) is 0 Å². The lowest BCUT2D eigenvalue weighted by Crippen LogP contribution is -2.33. The van der Waals surface area contributed by atoms with Crippen LogP contribution in [0.25, 0.3) is 0 Å². The van der Waals surface area contributed by atoms with Crippen LogP contribution in [0.5, 0.6) is 0 Å². The number of rotatable bonds is 2. The van der Waals surface area contributed by atoms with Crippen molar-refractivity contribution >= 4 is 0 Å². The number of fused-ring (bicyclic) bond motifs is 1. The Kier molecular flexibility index (Phi) is 2.68. The number of hydrogen-bond donors (Lipinski definition) is 1. The Morgan fingerprint density at radius 1 is 1.40 bits per heavy atom. The molecule has 3 unspecified atom stereocenters. The number of epoxide rings is 1. The molecule has 1 aliphatic carbocycles. The SMILES string of the molecule is CC(C)(C)C=CC(O)C12CCCCC1O2. The molecule has 0 aromatic heterocycles. The van der Waals surface area contributed by atoms with Crippen molar-refractivity contribution in [2.45, 2.75) is 64.3 Å². The molecular weight excluding hydrogens is 188 g/mol. The molecule has 0 bridgehead atoms. The molecule has 0 amide bonds. The number of allylic oxidation sites excluding steroid dienone is 1. The lowest BCUT2D eigenvalue weighted by Gasteiger charge is -2.21. The van der Waals surface area contributed by atoms with Crippen LogP contribution in [0.3, 0.4) is 0 Å². The minimum absolute atomic E-state index is 0.136. The van der Waals surface area contributed by atoms with Crippen molar-refractivity contribution in [2.24, 2.45) is 5.41 Å². The zero-order valence-corrected chi connectivity index (χ0v) is 9.99. The summed E-state index contributed by atoms with van der Waals surface area (Å²) in [6.07, 6.45) is 8.51. The van der Waals surface area contributed by atoms with Crippen LogP contribution in [0, 0.1) is 5.41 Å². The predicted octanol–water partition coefficient (Wildman–Crippen LogP) is 2.66. The average Bonchev–Trinajstić information content (AvgIpc) is 2.88. The van der Waals surface area contributed by atoms with Gasteiger partial charge in [0, 0.05) is 0 Å². The first-order chi connectivity index (χ1) is 6.94. The minimum Gasteiger partial charge on any atom is -0.386 e. The normalized spacial score (nSPS) is 37.7. The highest BCUT2D eigenvalue weighted by Gasteiger charge is 2.60. The zero-order chi connectivity index (χ0) is 11.1. The second-order valence-corrected chi connectivity index (χ2v) is 5.98. The molecule has 0 aromatic rings. The summed E-state index contributed by atoms with van der Waals surface area (Å²) in [5, 5.41) is 10.1. The van der Waals surface area contributed by atoms with Crippen molar-refractivity contribution in [2.75, 3.05) is 0 Å². The lowest BCUT2D eigenvalue weighted by atomic mass is 9.84. The third-order valence-electron chi connectivity index (χ3n) is 3.41. The Hall–Kier alpha value is -0.340. The van der Waals surface area contributed by atoms with E-state index in [4.69, 9.17) is 4.74 Å². The van der Waals surface area contributed by atoms with Gasteiger partial charge in [0.1, 0.15) is 11.7 Å². The fourth-order valence-electron chi connectivity index (χ4n) is 2.44. The van der Waals surface area contributed by atoms with Gasteiger partial charge in [-0.1, -0.05) is 45.8 Å². The first-order valence-electron chi connectivity index (χ1n) is 5.99. The summed E-state index contributed by atoms with van der Waals surface area (Å²) in [5.41, 5.74) is -0.0727. The van der Waals surface area contributed by atoms with E-state index in [1.54, 1.807) is 0 Å². The summed E-state index contributed by atoms with van der Waals surface area (Å²) in [4.78, 5) is 0. The van der Waals surface area contributed by atoms with E-state index >= 15 is 0 Å². The molecule has 2 rings (SSSR count). The third kappa shape index (κ3) is 2.26. The molecule has 1 saturated carbocycles. The summed E-state index contributed by atoms with van der Waals surface area (Å²) in [6, 6.07) is 0. The van der Waals surface area contributed by atoms with Crippen LogP contribution in [0.4, 0.5) is 0 Å². The van der Waals surface area contributed by atoms with Gasteiger partial charge in [-0.25, -0.2) is 0 Å². The number of aliphatic hydroxyl groups excluding tert-OH is 1. The molecule has 1 aliphatic heterocycles. The van der Waals surface area contributed by atoms with Gasteiger partial charge in [-0.05, 0) is 18.3 Å². The Bertz CT molecular complexity index is 264. The summed E-state index contributed by atoms with van der Waals surface area (Å²) in [6.45, 7) is 6.42. The highest BCUT2D eigenvalue weighted by Crippen LogP contribution is 2.50. The van der Waals surface area contributed by atoms with Crippen molar-refractivity contribution in [3.8, 4) is 0 Å². The molecule has 3 atom stereocenters. The van der Waals surface area contributed by atoms with Gasteiger partial charge in [-0.2, -0.15) is 0 Å². The molecule has 2 aliphatic rings. The standard InChI is InChI=1S/C13H22O2/c1-12(2,3)9-7-10(14)13-8-5-4-6-11(13)15-13/h7,9-11,14H,4-6,8H2,1-3H3. The second kappa shape index (κ2) is 3.60. The van der Waals surface area contributed by atoms with Gasteiger partial charge in [0.05, 0.1) is 6.10 Å². The van der Waals surface area contributed by atoms with Crippen molar-refractivity contribution in [1.29, 1.82) is 0 Å². The Morgan fingerprint density at radius 3 is 2.73 bits per heavy atom. The van der Waals surface area contributed by atoms with Crippen LogP contribution in [0.2, 0.25) is 0 Å². The summed E-state index contributed by atoms with van der Waals surface area (Å²) >= 11 is 0. The molecule has 0 spiro atoms. The van der Waals surface area contributed by atoms with Crippen LogP contribution in [0.15, 0.2) is 12.2 Å².